The highest BCUT2D eigenvalue weighted by Gasteiger charge is 2.41. The number of nitrogens with zero attached hydrogens (tertiary/aromatic N) is 1. The van der Waals surface area contributed by atoms with E-state index in [0.29, 0.717) is 0 Å². The second-order valence-corrected chi connectivity index (χ2v) is 9.28. The Balaban J connectivity index is 1.90. The number of carbonyl (C=O) groups excluding carboxylic acids is 1. The maximum atomic E-state index is 13.6. The van der Waals surface area contributed by atoms with Crippen molar-refractivity contribution in [1.82, 2.24) is 4.90 Å². The number of phosphoric ester groups is 1. The fourth-order valence-electron chi connectivity index (χ4n) is 2.65. The molecule has 1 amide bonds. The number of hydrogen-bond donors (Lipinski definition) is 0. The first-order chi connectivity index (χ1) is 14.7. The Morgan fingerprint density at radius 2 is 1.48 bits per heavy atom. The molecule has 0 radical (unpaired) electrons. The largest absolute Gasteiger partial charge is 0.648 e. The van der Waals surface area contributed by atoms with E-state index in [1.165, 1.54) is 11.2 Å². The zero-order valence-electron chi connectivity index (χ0n) is 17.9. The van der Waals surface area contributed by atoms with Crippen LogP contribution in [-0.2, 0) is 18.6 Å². The van der Waals surface area contributed by atoms with Gasteiger partial charge in [-0.05, 0) is 52.0 Å². The van der Waals surface area contributed by atoms with Crippen molar-refractivity contribution in [3.63, 3.8) is 0 Å². The fourth-order valence-corrected chi connectivity index (χ4v) is 3.88. The molecule has 0 bridgehead atoms. The molecule has 0 fully saturated rings. The minimum Gasteiger partial charge on any atom is -0.493 e. The molecule has 9 heteroatoms. The molecule has 1 aliphatic rings. The summed E-state index contributed by atoms with van der Waals surface area (Å²) in [7, 11) is -4.28. The van der Waals surface area contributed by atoms with Gasteiger partial charge >= 0.3 is 13.9 Å². The van der Waals surface area contributed by atoms with Crippen LogP contribution in [0.3, 0.4) is 0 Å². The van der Waals surface area contributed by atoms with E-state index in [1.54, 1.807) is 88.4 Å². The predicted molar refractivity (Wildman–Crippen MR) is 114 cm³/mol. The monoisotopic (exact) mass is 447 g/mol. The molecule has 0 spiro atoms. The Kier molecular flexibility index (Phi) is 6.81. The summed E-state index contributed by atoms with van der Waals surface area (Å²) >= 11 is 0. The van der Waals surface area contributed by atoms with E-state index in [2.05, 4.69) is 0 Å². The molecule has 1 atom stereocenters. The minimum absolute atomic E-state index is 0.136. The van der Waals surface area contributed by atoms with E-state index >= 15 is 0 Å². The number of hydrogen-bond acceptors (Lipinski definition) is 7. The highest BCUT2D eigenvalue weighted by molar-refractivity contribution is 7.49. The van der Waals surface area contributed by atoms with Gasteiger partial charge in [0.1, 0.15) is 30.0 Å². The van der Waals surface area contributed by atoms with Crippen LogP contribution in [0.4, 0.5) is 4.79 Å². The first-order valence-corrected chi connectivity index (χ1v) is 11.2. The Morgan fingerprint density at radius 3 is 1.97 bits per heavy atom. The maximum Gasteiger partial charge on any atom is 0.648 e. The lowest BCUT2D eigenvalue weighted by atomic mass is 10.2. The van der Waals surface area contributed by atoms with Crippen molar-refractivity contribution >= 4 is 13.9 Å². The Morgan fingerprint density at radius 1 is 0.968 bits per heavy atom. The summed E-state index contributed by atoms with van der Waals surface area (Å²) in [5.74, 6) is 0.412. The van der Waals surface area contributed by atoms with Gasteiger partial charge in [0.25, 0.3) is 0 Å². The zero-order chi connectivity index (χ0) is 22.5. The molecule has 1 unspecified atom stereocenters. The fraction of sp³-hybridized carbons (Fsp3) is 0.318. The molecule has 31 heavy (non-hydrogen) atoms. The summed E-state index contributed by atoms with van der Waals surface area (Å²) in [5.41, 5.74) is -0.731. The zero-order valence-corrected chi connectivity index (χ0v) is 18.8. The van der Waals surface area contributed by atoms with Crippen molar-refractivity contribution in [3.8, 4) is 11.5 Å². The molecule has 0 saturated carbocycles. The second-order valence-electron chi connectivity index (χ2n) is 7.84. The van der Waals surface area contributed by atoms with Crippen molar-refractivity contribution in [2.45, 2.75) is 39.3 Å². The molecule has 3 rings (SSSR count). The van der Waals surface area contributed by atoms with Crippen molar-refractivity contribution in [3.05, 3.63) is 72.8 Å². The third-order valence-electron chi connectivity index (χ3n) is 3.92. The van der Waals surface area contributed by atoms with Crippen LogP contribution in [-0.4, -0.2) is 29.2 Å². The Hall–Kier alpha value is -3.12. The number of benzene rings is 2. The summed E-state index contributed by atoms with van der Waals surface area (Å²) in [5, 5.41) is 0. The Bertz CT molecular complexity index is 911. The van der Waals surface area contributed by atoms with Gasteiger partial charge in [-0.2, -0.15) is 4.57 Å². The first kappa shape index (κ1) is 22.6. The van der Waals surface area contributed by atoms with Crippen LogP contribution in [0.2, 0.25) is 0 Å². The van der Waals surface area contributed by atoms with Crippen LogP contribution in [0.25, 0.3) is 0 Å². The summed E-state index contributed by atoms with van der Waals surface area (Å²) in [6.07, 6.45) is 0.528. The van der Waals surface area contributed by atoms with Gasteiger partial charge in [-0.25, -0.2) is 9.69 Å². The standard InChI is InChI=1S/C22H26NO7P/c1-17-15-26-16-20(23(17)21(24)27-22(2,3)4)30-31(25,28-18-11-7-5-8-12-18)29-19-13-9-6-10-14-19/h5-14,16-17H,15H2,1-4H3. The molecule has 0 N–H and O–H groups in total. The highest BCUT2D eigenvalue weighted by Crippen LogP contribution is 2.52. The maximum absolute atomic E-state index is 13.6. The highest BCUT2D eigenvalue weighted by atomic mass is 31.2. The number of rotatable bonds is 6. The quantitative estimate of drug-likeness (QED) is 0.524. The van der Waals surface area contributed by atoms with E-state index in [0.717, 1.165) is 0 Å². The average molecular weight is 447 g/mol. The van der Waals surface area contributed by atoms with Crippen LogP contribution in [0, 0.1) is 0 Å². The average Bonchev–Trinajstić information content (AvgIpc) is 2.68. The van der Waals surface area contributed by atoms with Crippen LogP contribution in [0.15, 0.2) is 72.8 Å². The van der Waals surface area contributed by atoms with E-state index in [9.17, 15) is 9.36 Å². The Labute approximate surface area is 181 Å². The minimum atomic E-state index is -4.28. The van der Waals surface area contributed by atoms with Crippen molar-refractivity contribution < 1.29 is 32.4 Å². The number of phosphoric acid groups is 1. The van der Waals surface area contributed by atoms with E-state index in [1.807, 2.05) is 0 Å². The van der Waals surface area contributed by atoms with Gasteiger partial charge in [-0.3, -0.25) is 0 Å². The van der Waals surface area contributed by atoms with Gasteiger partial charge in [-0.1, -0.05) is 36.4 Å². The number of para-hydroxylation sites is 2. The molecule has 0 saturated heterocycles. The SMILES string of the molecule is CC1COC=C(OP(=O)(Oc2ccccc2)Oc2ccccc2)N1C(=O)OC(C)(C)C. The van der Waals surface area contributed by atoms with Crippen LogP contribution in [0.1, 0.15) is 27.7 Å². The van der Waals surface area contributed by atoms with Crippen LogP contribution >= 0.6 is 7.82 Å². The summed E-state index contributed by atoms with van der Waals surface area (Å²) in [4.78, 5) is 14.0. The van der Waals surface area contributed by atoms with E-state index in [-0.39, 0.29) is 24.0 Å². The lowest BCUT2D eigenvalue weighted by molar-refractivity contribution is -0.00423. The van der Waals surface area contributed by atoms with Gasteiger partial charge in [0.15, 0.2) is 0 Å². The molecule has 1 aliphatic heterocycles. The van der Waals surface area contributed by atoms with Gasteiger partial charge in [-0.15, -0.1) is 0 Å². The smallest absolute Gasteiger partial charge is 0.493 e. The van der Waals surface area contributed by atoms with Crippen LogP contribution in [0.5, 0.6) is 11.5 Å². The van der Waals surface area contributed by atoms with E-state index in [4.69, 9.17) is 23.0 Å². The normalized spacial score (nSPS) is 16.6. The van der Waals surface area contributed by atoms with Crippen molar-refractivity contribution in [2.75, 3.05) is 6.61 Å². The van der Waals surface area contributed by atoms with Crippen molar-refractivity contribution in [2.24, 2.45) is 0 Å². The lowest BCUT2D eigenvalue weighted by Gasteiger charge is -2.35. The molecule has 1 heterocycles. The molecule has 0 aromatic heterocycles. The second kappa shape index (κ2) is 9.35. The van der Waals surface area contributed by atoms with Crippen LogP contribution < -0.4 is 9.05 Å². The molecular weight excluding hydrogens is 421 g/mol. The number of ether oxygens (including phenoxy) is 2. The molecule has 2 aromatic rings. The summed E-state index contributed by atoms with van der Waals surface area (Å²) in [6, 6.07) is 16.5. The molecule has 0 aliphatic carbocycles. The van der Waals surface area contributed by atoms with Crippen molar-refractivity contribution in [1.29, 1.82) is 0 Å². The van der Waals surface area contributed by atoms with Gasteiger partial charge in [0.2, 0.25) is 5.88 Å². The van der Waals surface area contributed by atoms with Gasteiger partial charge in [0.05, 0.1) is 6.04 Å². The first-order valence-electron chi connectivity index (χ1n) is 9.78. The summed E-state index contributed by atoms with van der Waals surface area (Å²) in [6.45, 7) is 7.23. The van der Waals surface area contributed by atoms with Gasteiger partial charge < -0.3 is 23.0 Å². The molecular formula is C22H26NO7P. The molecule has 2 aromatic carbocycles. The third-order valence-corrected chi connectivity index (χ3v) is 5.20. The van der Waals surface area contributed by atoms with Gasteiger partial charge in [0, 0.05) is 0 Å². The molecule has 8 nitrogen and oxygen atoms in total. The number of amides is 1. The summed E-state index contributed by atoms with van der Waals surface area (Å²) < 4.78 is 41.4. The van der Waals surface area contributed by atoms with E-state index < -0.39 is 25.6 Å². The molecule has 166 valence electrons. The topological polar surface area (TPSA) is 83.5 Å². The predicted octanol–water partition coefficient (Wildman–Crippen LogP) is 5.72. The lowest BCUT2D eigenvalue weighted by Crippen LogP contribution is -2.45. The number of carbonyl (C=O) groups is 1. The third kappa shape index (κ3) is 6.43.